The number of ether oxygens (including phenoxy) is 1. The van der Waals surface area contributed by atoms with Crippen LogP contribution >= 0.6 is 11.3 Å². The van der Waals surface area contributed by atoms with Gasteiger partial charge in [-0.15, -0.1) is 0 Å². The molecule has 24 heavy (non-hydrogen) atoms. The van der Waals surface area contributed by atoms with Gasteiger partial charge in [-0.25, -0.2) is 0 Å². The summed E-state index contributed by atoms with van der Waals surface area (Å²) in [5, 5.41) is 7.14. The number of carbonyl (C=O) groups is 1. The molecule has 1 aromatic carbocycles. The van der Waals surface area contributed by atoms with Crippen LogP contribution in [0.5, 0.6) is 5.75 Å². The molecule has 0 aliphatic carbocycles. The second kappa shape index (κ2) is 9.45. The Morgan fingerprint density at radius 2 is 2.08 bits per heavy atom. The first-order valence-corrected chi connectivity index (χ1v) is 9.23. The van der Waals surface area contributed by atoms with Gasteiger partial charge in [0, 0.05) is 19.5 Å². The van der Waals surface area contributed by atoms with Crippen LogP contribution in [0.4, 0.5) is 0 Å². The number of amides is 1. The molecule has 0 fully saturated rings. The summed E-state index contributed by atoms with van der Waals surface area (Å²) in [6.45, 7) is 6.14. The van der Waals surface area contributed by atoms with Gasteiger partial charge in [0.2, 0.25) is 5.91 Å². The van der Waals surface area contributed by atoms with Crippen molar-refractivity contribution in [1.82, 2.24) is 10.2 Å². The molecule has 1 amide bonds. The van der Waals surface area contributed by atoms with E-state index < -0.39 is 0 Å². The Bertz CT molecular complexity index is 628. The zero-order chi connectivity index (χ0) is 17.4. The molecule has 130 valence electrons. The van der Waals surface area contributed by atoms with Crippen LogP contribution in [0.3, 0.4) is 0 Å². The Morgan fingerprint density at radius 3 is 2.79 bits per heavy atom. The molecule has 0 aliphatic heterocycles. The van der Waals surface area contributed by atoms with Gasteiger partial charge in [-0.1, -0.05) is 19.1 Å². The van der Waals surface area contributed by atoms with E-state index in [0.29, 0.717) is 13.0 Å². The third-order valence-electron chi connectivity index (χ3n) is 3.63. The van der Waals surface area contributed by atoms with E-state index in [9.17, 15) is 4.79 Å². The maximum Gasteiger partial charge on any atom is 0.219 e. The first kappa shape index (κ1) is 18.5. The lowest BCUT2D eigenvalue weighted by Crippen LogP contribution is -2.33. The predicted octanol–water partition coefficient (Wildman–Crippen LogP) is 3.67. The first-order valence-electron chi connectivity index (χ1n) is 8.28. The molecule has 0 spiro atoms. The van der Waals surface area contributed by atoms with Gasteiger partial charge in [0.1, 0.15) is 11.9 Å². The molecule has 2 rings (SSSR count). The smallest absolute Gasteiger partial charge is 0.219 e. The van der Waals surface area contributed by atoms with Crippen LogP contribution in [0.15, 0.2) is 41.1 Å². The Kier molecular flexibility index (Phi) is 7.28. The fraction of sp³-hybridized carbons (Fsp3) is 0.421. The molecular weight excluding hydrogens is 320 g/mol. The molecule has 1 N–H and O–H groups in total. The van der Waals surface area contributed by atoms with Crippen molar-refractivity contribution in [3.8, 4) is 5.75 Å². The Morgan fingerprint density at radius 1 is 1.29 bits per heavy atom. The summed E-state index contributed by atoms with van der Waals surface area (Å²) in [7, 11) is 2.12. The quantitative estimate of drug-likeness (QED) is 0.753. The fourth-order valence-corrected chi connectivity index (χ4v) is 3.10. The van der Waals surface area contributed by atoms with E-state index in [1.165, 1.54) is 11.1 Å². The van der Waals surface area contributed by atoms with Gasteiger partial charge >= 0.3 is 0 Å². The molecule has 1 aromatic heterocycles. The molecule has 2 aromatic rings. The van der Waals surface area contributed by atoms with Gasteiger partial charge in [0.25, 0.3) is 0 Å². The third kappa shape index (κ3) is 6.34. The largest absolute Gasteiger partial charge is 0.489 e. The summed E-state index contributed by atoms with van der Waals surface area (Å²) in [5.74, 6) is 0.893. The maximum atomic E-state index is 11.3. The van der Waals surface area contributed by atoms with Crippen molar-refractivity contribution in [3.63, 3.8) is 0 Å². The normalized spacial score (nSPS) is 12.2. The van der Waals surface area contributed by atoms with Crippen LogP contribution in [0.1, 0.15) is 31.4 Å². The molecule has 0 aliphatic rings. The monoisotopic (exact) mass is 346 g/mol. The van der Waals surface area contributed by atoms with Crippen LogP contribution < -0.4 is 10.1 Å². The van der Waals surface area contributed by atoms with Gasteiger partial charge in [-0.05, 0) is 54.1 Å². The van der Waals surface area contributed by atoms with E-state index in [1.54, 1.807) is 11.3 Å². The minimum atomic E-state index is -0.0562. The highest BCUT2D eigenvalue weighted by Gasteiger charge is 2.08. The number of hydrogen-bond acceptors (Lipinski definition) is 4. The van der Waals surface area contributed by atoms with Crippen LogP contribution in [-0.2, 0) is 17.9 Å². The standard InChI is InChI=1S/C19H26N2O2S/c1-4-19(22)20-11-15(2)23-18-7-5-6-16(10-18)12-21(3)13-17-8-9-24-14-17/h5-10,14-15H,4,11-13H2,1-3H3,(H,20,22). The fourth-order valence-electron chi connectivity index (χ4n) is 2.44. The zero-order valence-electron chi connectivity index (χ0n) is 14.6. The minimum absolute atomic E-state index is 0.0502. The van der Waals surface area contributed by atoms with Crippen LogP contribution in [0, 0.1) is 0 Å². The zero-order valence-corrected chi connectivity index (χ0v) is 15.4. The van der Waals surface area contributed by atoms with E-state index in [-0.39, 0.29) is 12.0 Å². The van der Waals surface area contributed by atoms with Gasteiger partial charge < -0.3 is 10.1 Å². The van der Waals surface area contributed by atoms with Gasteiger partial charge in [-0.3, -0.25) is 9.69 Å². The molecule has 0 saturated carbocycles. The lowest BCUT2D eigenvalue weighted by molar-refractivity contribution is -0.121. The Labute approximate surface area is 148 Å². The number of hydrogen-bond donors (Lipinski definition) is 1. The average Bonchev–Trinajstić information content (AvgIpc) is 3.05. The van der Waals surface area contributed by atoms with Crippen LogP contribution in [0.2, 0.25) is 0 Å². The van der Waals surface area contributed by atoms with Gasteiger partial charge in [0.15, 0.2) is 0 Å². The minimum Gasteiger partial charge on any atom is -0.489 e. The van der Waals surface area contributed by atoms with Crippen molar-refractivity contribution in [2.24, 2.45) is 0 Å². The number of benzene rings is 1. The average molecular weight is 346 g/mol. The van der Waals surface area contributed by atoms with E-state index in [0.717, 1.165) is 18.8 Å². The predicted molar refractivity (Wildman–Crippen MR) is 99.3 cm³/mol. The molecule has 1 unspecified atom stereocenters. The van der Waals surface area contributed by atoms with Crippen molar-refractivity contribution in [2.75, 3.05) is 13.6 Å². The highest BCUT2D eigenvalue weighted by molar-refractivity contribution is 7.07. The molecule has 0 radical (unpaired) electrons. The Hall–Kier alpha value is -1.85. The summed E-state index contributed by atoms with van der Waals surface area (Å²) < 4.78 is 5.91. The van der Waals surface area contributed by atoms with Gasteiger partial charge in [0.05, 0.1) is 6.54 Å². The van der Waals surface area contributed by atoms with Crippen molar-refractivity contribution in [3.05, 3.63) is 52.2 Å². The summed E-state index contributed by atoms with van der Waals surface area (Å²) >= 11 is 1.73. The SMILES string of the molecule is CCC(=O)NCC(C)Oc1cccc(CN(C)Cc2ccsc2)c1. The van der Waals surface area contributed by atoms with E-state index >= 15 is 0 Å². The number of nitrogens with zero attached hydrogens (tertiary/aromatic N) is 1. The molecule has 1 heterocycles. The molecular formula is C19H26N2O2S. The highest BCUT2D eigenvalue weighted by Crippen LogP contribution is 2.17. The molecule has 5 heteroatoms. The number of rotatable bonds is 9. The lowest BCUT2D eigenvalue weighted by atomic mass is 10.2. The Balaban J connectivity index is 1.85. The summed E-state index contributed by atoms with van der Waals surface area (Å²) in [6.07, 6.45) is 0.442. The lowest BCUT2D eigenvalue weighted by Gasteiger charge is -2.18. The number of thiophene rings is 1. The molecule has 4 nitrogen and oxygen atoms in total. The molecule has 0 bridgehead atoms. The highest BCUT2D eigenvalue weighted by atomic mass is 32.1. The topological polar surface area (TPSA) is 41.6 Å². The van der Waals surface area contributed by atoms with Gasteiger partial charge in [-0.2, -0.15) is 11.3 Å². The molecule has 1 atom stereocenters. The van der Waals surface area contributed by atoms with E-state index in [2.05, 4.69) is 46.2 Å². The van der Waals surface area contributed by atoms with E-state index in [4.69, 9.17) is 4.74 Å². The second-order valence-electron chi connectivity index (χ2n) is 6.04. The number of nitrogens with one attached hydrogen (secondary N) is 1. The third-order valence-corrected chi connectivity index (χ3v) is 4.36. The van der Waals surface area contributed by atoms with Crippen molar-refractivity contribution < 1.29 is 9.53 Å². The number of carbonyl (C=O) groups excluding carboxylic acids is 1. The first-order chi connectivity index (χ1) is 11.6. The van der Waals surface area contributed by atoms with Crippen molar-refractivity contribution in [2.45, 2.75) is 39.5 Å². The molecule has 0 saturated heterocycles. The summed E-state index contributed by atoms with van der Waals surface area (Å²) in [4.78, 5) is 13.6. The summed E-state index contributed by atoms with van der Waals surface area (Å²) in [5.41, 5.74) is 2.56. The van der Waals surface area contributed by atoms with Crippen molar-refractivity contribution >= 4 is 17.2 Å². The summed E-state index contributed by atoms with van der Waals surface area (Å²) in [6, 6.07) is 10.3. The second-order valence-corrected chi connectivity index (χ2v) is 6.82. The van der Waals surface area contributed by atoms with Crippen LogP contribution in [-0.4, -0.2) is 30.5 Å². The van der Waals surface area contributed by atoms with Crippen LogP contribution in [0.25, 0.3) is 0 Å². The van der Waals surface area contributed by atoms with Crippen molar-refractivity contribution in [1.29, 1.82) is 0 Å². The maximum absolute atomic E-state index is 11.3. The van der Waals surface area contributed by atoms with E-state index in [1.807, 2.05) is 26.0 Å².